The van der Waals surface area contributed by atoms with Crippen molar-refractivity contribution in [2.24, 2.45) is 0 Å². The first-order valence-electron chi connectivity index (χ1n) is 12.9. The molecule has 0 spiro atoms. The lowest BCUT2D eigenvalue weighted by Gasteiger charge is -2.41. The molecule has 1 aliphatic rings. The van der Waals surface area contributed by atoms with Gasteiger partial charge in [0.25, 0.3) is 0 Å². The lowest BCUT2D eigenvalue weighted by molar-refractivity contribution is -0.119. The number of rotatable bonds is 5. The van der Waals surface area contributed by atoms with Crippen molar-refractivity contribution in [1.82, 2.24) is 0 Å². The highest BCUT2D eigenvalue weighted by Gasteiger charge is 2.41. The third-order valence-electron chi connectivity index (χ3n) is 7.35. The van der Waals surface area contributed by atoms with E-state index in [4.69, 9.17) is 0 Å². The molecule has 0 bridgehead atoms. The summed E-state index contributed by atoms with van der Waals surface area (Å²) in [6, 6.07) is 49.7. The molecule has 0 radical (unpaired) electrons. The lowest BCUT2D eigenvalue weighted by Crippen LogP contribution is -2.25. The number of benzene rings is 5. The highest BCUT2D eigenvalue weighted by molar-refractivity contribution is 7.67. The summed E-state index contributed by atoms with van der Waals surface area (Å²) in [6.07, 6.45) is 1.19. The van der Waals surface area contributed by atoms with Crippen molar-refractivity contribution >= 4 is 19.0 Å². The van der Waals surface area contributed by atoms with Gasteiger partial charge >= 0.3 is 0 Å². The fourth-order valence-electron chi connectivity index (χ4n) is 5.67. The van der Waals surface area contributed by atoms with Gasteiger partial charge in [-0.25, -0.2) is 0 Å². The molecule has 2 heteroatoms. The molecule has 0 aliphatic carbocycles. The summed E-state index contributed by atoms with van der Waals surface area (Å²) in [6.45, 7) is 0. The van der Waals surface area contributed by atoms with Crippen LogP contribution in [0.4, 0.5) is 0 Å². The van der Waals surface area contributed by atoms with E-state index in [0.717, 1.165) is 0 Å². The number of Topliss-reactive ketones (excluding diaryl/α,β-unsaturated/α-hetero) is 1. The molecule has 1 fully saturated rings. The van der Waals surface area contributed by atoms with E-state index in [0.29, 0.717) is 18.6 Å². The molecule has 1 nitrogen and oxygen atoms in total. The summed E-state index contributed by atoms with van der Waals surface area (Å²) in [5.74, 6) is 0.361. The van der Waals surface area contributed by atoms with Gasteiger partial charge in [0, 0.05) is 24.2 Å². The minimum absolute atomic E-state index is 0.162. The van der Waals surface area contributed by atoms with E-state index in [1.54, 1.807) is 0 Å². The Labute approximate surface area is 220 Å². The van der Waals surface area contributed by atoms with Crippen molar-refractivity contribution in [3.63, 3.8) is 0 Å². The average molecular weight is 497 g/mol. The van der Waals surface area contributed by atoms with Crippen LogP contribution in [-0.2, 0) is 4.79 Å². The fourth-order valence-corrected chi connectivity index (χ4v) is 9.48. The minimum Gasteiger partial charge on any atom is -0.300 e. The van der Waals surface area contributed by atoms with Gasteiger partial charge in [-0.15, -0.1) is 0 Å². The molecule has 0 N–H and O–H groups in total. The van der Waals surface area contributed by atoms with E-state index in [9.17, 15) is 4.79 Å². The third kappa shape index (κ3) is 4.80. The topological polar surface area (TPSA) is 17.1 Å². The Morgan fingerprint density at radius 3 is 1.24 bits per heavy atom. The lowest BCUT2D eigenvalue weighted by atomic mass is 9.98. The van der Waals surface area contributed by atoms with Crippen LogP contribution in [0, 0.1) is 0 Å². The maximum absolute atomic E-state index is 13.3. The van der Waals surface area contributed by atoms with Gasteiger partial charge < -0.3 is 0 Å². The van der Waals surface area contributed by atoms with Gasteiger partial charge in [-0.1, -0.05) is 147 Å². The molecule has 2 atom stereocenters. The average Bonchev–Trinajstić information content (AvgIpc) is 2.98. The summed E-state index contributed by atoms with van der Waals surface area (Å²) in [7, 11) is -0.783. The van der Waals surface area contributed by atoms with Gasteiger partial charge in [0.2, 0.25) is 0 Å². The number of hydrogen-bond acceptors (Lipinski definition) is 1. The molecule has 0 aromatic heterocycles. The SMILES string of the molecule is O=C1CC(c2ccccc2)P(c2c(-c3ccccc3)cccc2-c2ccccc2)C(c2ccccc2)C1. The summed E-state index contributed by atoms with van der Waals surface area (Å²) < 4.78 is 0. The molecule has 6 rings (SSSR count). The van der Waals surface area contributed by atoms with E-state index in [1.165, 1.54) is 38.7 Å². The predicted octanol–water partition coefficient (Wildman–Crippen LogP) is 8.97. The monoisotopic (exact) mass is 496 g/mol. The number of carbonyl (C=O) groups is 1. The van der Waals surface area contributed by atoms with Crippen molar-refractivity contribution in [1.29, 1.82) is 0 Å². The Bertz CT molecular complexity index is 1370. The Hall–Kier alpha value is -3.80. The zero-order valence-corrected chi connectivity index (χ0v) is 21.6. The molecule has 0 amide bonds. The van der Waals surface area contributed by atoms with E-state index >= 15 is 0 Å². The normalized spacial score (nSPS) is 19.5. The molecule has 180 valence electrons. The first-order valence-corrected chi connectivity index (χ1v) is 14.4. The second-order valence-corrected chi connectivity index (χ2v) is 12.1. The minimum atomic E-state index is -0.783. The summed E-state index contributed by atoms with van der Waals surface area (Å²) in [5.41, 5.74) is 7.88. The summed E-state index contributed by atoms with van der Waals surface area (Å²) >= 11 is 0. The van der Waals surface area contributed by atoms with Crippen molar-refractivity contribution in [2.45, 2.75) is 24.2 Å². The van der Waals surface area contributed by atoms with Crippen molar-refractivity contribution in [2.75, 3.05) is 0 Å². The Morgan fingerprint density at radius 1 is 0.459 bits per heavy atom. The zero-order chi connectivity index (χ0) is 25.0. The summed E-state index contributed by atoms with van der Waals surface area (Å²) in [4.78, 5) is 13.3. The van der Waals surface area contributed by atoms with Crippen LogP contribution in [-0.4, -0.2) is 5.78 Å². The second-order valence-electron chi connectivity index (χ2n) is 9.64. The van der Waals surface area contributed by atoms with E-state index < -0.39 is 7.92 Å². The first kappa shape index (κ1) is 23.6. The maximum Gasteiger partial charge on any atom is 0.134 e. The maximum atomic E-state index is 13.3. The van der Waals surface area contributed by atoms with Crippen molar-refractivity contribution in [3.05, 3.63) is 151 Å². The third-order valence-corrected chi connectivity index (χ3v) is 10.6. The van der Waals surface area contributed by atoms with E-state index in [-0.39, 0.29) is 11.3 Å². The Balaban J connectivity index is 1.66. The molecule has 1 aliphatic heterocycles. The Kier molecular flexibility index (Phi) is 6.80. The van der Waals surface area contributed by atoms with Gasteiger partial charge in [-0.3, -0.25) is 4.79 Å². The molecular weight excluding hydrogens is 467 g/mol. The molecule has 0 saturated carbocycles. The first-order chi connectivity index (χ1) is 18.3. The van der Waals surface area contributed by atoms with Crippen LogP contribution in [0.25, 0.3) is 22.3 Å². The van der Waals surface area contributed by atoms with Crippen LogP contribution < -0.4 is 5.30 Å². The molecule has 1 saturated heterocycles. The highest BCUT2D eigenvalue weighted by atomic mass is 31.1. The van der Waals surface area contributed by atoms with Crippen LogP contribution in [0.1, 0.15) is 35.3 Å². The summed E-state index contributed by atoms with van der Waals surface area (Å²) in [5, 5.41) is 1.41. The largest absolute Gasteiger partial charge is 0.300 e. The number of ketones is 1. The van der Waals surface area contributed by atoms with Crippen LogP contribution in [0.3, 0.4) is 0 Å². The van der Waals surface area contributed by atoms with Crippen LogP contribution in [0.2, 0.25) is 0 Å². The van der Waals surface area contributed by atoms with Gasteiger partial charge in [0.1, 0.15) is 5.78 Å². The molecule has 5 aromatic carbocycles. The highest BCUT2D eigenvalue weighted by Crippen LogP contribution is 2.67. The van der Waals surface area contributed by atoms with Gasteiger partial charge in [0.05, 0.1) is 0 Å². The molecular formula is C35H29OP. The van der Waals surface area contributed by atoms with Gasteiger partial charge in [0.15, 0.2) is 0 Å². The molecule has 1 heterocycles. The quantitative estimate of drug-likeness (QED) is 0.222. The van der Waals surface area contributed by atoms with Gasteiger partial charge in [-0.05, 0) is 38.7 Å². The molecule has 5 aromatic rings. The molecule has 37 heavy (non-hydrogen) atoms. The van der Waals surface area contributed by atoms with Crippen LogP contribution in [0.5, 0.6) is 0 Å². The standard InChI is InChI=1S/C35H29OP/c36-30-24-33(28-18-9-3-10-19-28)37(34(25-30)29-20-11-4-12-21-29)35-31(26-14-5-1-6-15-26)22-13-23-32(35)27-16-7-2-8-17-27/h1-23,33-34H,24-25H2. The number of hydrogen-bond donors (Lipinski definition) is 0. The van der Waals surface area contributed by atoms with Crippen molar-refractivity contribution in [3.8, 4) is 22.3 Å². The smallest absolute Gasteiger partial charge is 0.134 e. The van der Waals surface area contributed by atoms with Crippen LogP contribution in [0.15, 0.2) is 140 Å². The second kappa shape index (κ2) is 10.7. The molecule has 2 unspecified atom stereocenters. The van der Waals surface area contributed by atoms with Crippen molar-refractivity contribution < 1.29 is 4.79 Å². The van der Waals surface area contributed by atoms with E-state index in [1.807, 2.05) is 0 Å². The fraction of sp³-hybridized carbons (Fsp3) is 0.114. The zero-order valence-electron chi connectivity index (χ0n) is 20.7. The predicted molar refractivity (Wildman–Crippen MR) is 156 cm³/mol. The Morgan fingerprint density at radius 2 is 0.838 bits per heavy atom. The van der Waals surface area contributed by atoms with Crippen LogP contribution >= 0.6 is 7.92 Å². The number of carbonyl (C=O) groups excluding carboxylic acids is 1. The van der Waals surface area contributed by atoms with E-state index in [2.05, 4.69) is 140 Å². The van der Waals surface area contributed by atoms with Gasteiger partial charge in [-0.2, -0.15) is 0 Å².